The van der Waals surface area contributed by atoms with Crippen LogP contribution in [0.1, 0.15) is 10.4 Å². The molecule has 7 nitrogen and oxygen atoms in total. The van der Waals surface area contributed by atoms with E-state index in [0.29, 0.717) is 17.5 Å². The van der Waals surface area contributed by atoms with E-state index >= 15 is 0 Å². The van der Waals surface area contributed by atoms with Crippen LogP contribution in [0.2, 0.25) is 0 Å². The maximum absolute atomic E-state index is 11.9. The molecule has 3 rings (SSSR count). The largest absolute Gasteiger partial charge is 0.337 e. The highest BCUT2D eigenvalue weighted by Crippen LogP contribution is 2.19. The van der Waals surface area contributed by atoms with Crippen LogP contribution in [-0.4, -0.2) is 39.4 Å². The number of rotatable bonds is 7. The summed E-state index contributed by atoms with van der Waals surface area (Å²) in [4.78, 5) is 29.1. The molecule has 9 heteroatoms. The summed E-state index contributed by atoms with van der Waals surface area (Å²) in [5.41, 5.74) is 2.09. The van der Waals surface area contributed by atoms with Crippen molar-refractivity contribution in [3.63, 3.8) is 0 Å². The van der Waals surface area contributed by atoms with Gasteiger partial charge >= 0.3 is 6.03 Å². The Morgan fingerprint density at radius 3 is 2.78 bits per heavy atom. The molecule has 0 aliphatic carbocycles. The topological polar surface area (TPSA) is 99.8 Å². The van der Waals surface area contributed by atoms with Crippen molar-refractivity contribution in [3.8, 4) is 11.4 Å². The molecule has 3 amide bonds. The summed E-state index contributed by atoms with van der Waals surface area (Å²) in [6.45, 7) is 2.50. The number of thiophene rings is 1. The lowest BCUT2D eigenvalue weighted by Crippen LogP contribution is -2.41. The third-order valence-electron chi connectivity index (χ3n) is 3.61. The van der Waals surface area contributed by atoms with Crippen LogP contribution in [0, 0.1) is 6.92 Å². The third kappa shape index (κ3) is 5.93. The van der Waals surface area contributed by atoms with Crippen LogP contribution >= 0.6 is 23.1 Å². The van der Waals surface area contributed by atoms with Gasteiger partial charge in [-0.3, -0.25) is 15.2 Å². The van der Waals surface area contributed by atoms with E-state index in [9.17, 15) is 9.59 Å². The number of aryl methyl sites for hydroxylation is 1. The number of hydrogen-bond acceptors (Lipinski definition) is 6. The Kier molecular flexibility index (Phi) is 6.61. The first kappa shape index (κ1) is 19.1. The molecule has 0 radical (unpaired) electrons. The van der Waals surface area contributed by atoms with Crippen molar-refractivity contribution in [2.75, 3.05) is 12.3 Å². The van der Waals surface area contributed by atoms with Crippen LogP contribution in [0.4, 0.5) is 4.79 Å². The van der Waals surface area contributed by atoms with E-state index in [1.807, 2.05) is 48.7 Å². The van der Waals surface area contributed by atoms with Crippen molar-refractivity contribution < 1.29 is 9.59 Å². The van der Waals surface area contributed by atoms with Crippen molar-refractivity contribution in [2.24, 2.45) is 0 Å². The SMILES string of the molecule is Cc1ccc(-c2nc(SCC(=O)NC(=O)NCCc3cccs3)n[nH]2)cc1. The number of thioether (sulfide) groups is 1. The molecule has 0 spiro atoms. The third-order valence-corrected chi connectivity index (χ3v) is 5.40. The predicted octanol–water partition coefficient (Wildman–Crippen LogP) is 3.00. The highest BCUT2D eigenvalue weighted by Gasteiger charge is 2.11. The highest BCUT2D eigenvalue weighted by molar-refractivity contribution is 7.99. The fourth-order valence-electron chi connectivity index (χ4n) is 2.24. The molecule has 3 aromatic rings. The van der Waals surface area contributed by atoms with Crippen molar-refractivity contribution in [2.45, 2.75) is 18.5 Å². The summed E-state index contributed by atoms with van der Waals surface area (Å²) in [5.74, 6) is 0.309. The second kappa shape index (κ2) is 9.33. The molecule has 140 valence electrons. The number of hydrogen-bond donors (Lipinski definition) is 3. The van der Waals surface area contributed by atoms with Gasteiger partial charge in [0.05, 0.1) is 5.75 Å². The zero-order valence-electron chi connectivity index (χ0n) is 14.7. The Labute approximate surface area is 165 Å². The molecule has 27 heavy (non-hydrogen) atoms. The second-order valence-corrected chi connectivity index (χ2v) is 7.73. The Hall–Kier alpha value is -2.65. The summed E-state index contributed by atoms with van der Waals surface area (Å²) in [6, 6.07) is 11.4. The van der Waals surface area contributed by atoms with Gasteiger partial charge in [-0.15, -0.1) is 16.4 Å². The van der Waals surface area contributed by atoms with Gasteiger partial charge in [-0.2, -0.15) is 0 Å². The smallest absolute Gasteiger partial charge is 0.321 e. The Balaban J connectivity index is 1.40. The first-order chi connectivity index (χ1) is 13.1. The number of imide groups is 1. The number of carbonyl (C=O) groups excluding carboxylic acids is 2. The van der Waals surface area contributed by atoms with E-state index in [1.54, 1.807) is 11.3 Å². The van der Waals surface area contributed by atoms with Gasteiger partial charge in [0.2, 0.25) is 11.1 Å². The molecule has 0 atom stereocenters. The van der Waals surface area contributed by atoms with Crippen LogP contribution in [0.25, 0.3) is 11.4 Å². The van der Waals surface area contributed by atoms with Gasteiger partial charge in [0.1, 0.15) is 0 Å². The monoisotopic (exact) mass is 401 g/mol. The van der Waals surface area contributed by atoms with E-state index in [1.165, 1.54) is 16.6 Å². The molecule has 0 aliphatic heterocycles. The molecule has 0 bridgehead atoms. The minimum atomic E-state index is -0.493. The van der Waals surface area contributed by atoms with Gasteiger partial charge in [0.25, 0.3) is 0 Å². The molecule has 0 unspecified atom stereocenters. The summed E-state index contributed by atoms with van der Waals surface area (Å²) in [7, 11) is 0. The zero-order valence-corrected chi connectivity index (χ0v) is 16.3. The van der Waals surface area contributed by atoms with Gasteiger partial charge in [0, 0.05) is 17.0 Å². The number of aromatic nitrogens is 3. The van der Waals surface area contributed by atoms with Gasteiger partial charge in [0.15, 0.2) is 5.82 Å². The molecule has 0 saturated carbocycles. The van der Waals surface area contributed by atoms with Crippen molar-refractivity contribution in [1.29, 1.82) is 0 Å². The number of benzene rings is 1. The Morgan fingerprint density at radius 1 is 1.22 bits per heavy atom. The number of aromatic amines is 1. The van der Waals surface area contributed by atoms with E-state index in [2.05, 4.69) is 25.8 Å². The first-order valence-electron chi connectivity index (χ1n) is 8.32. The highest BCUT2D eigenvalue weighted by atomic mass is 32.2. The number of carbonyl (C=O) groups is 2. The van der Waals surface area contributed by atoms with E-state index in [-0.39, 0.29) is 5.75 Å². The van der Waals surface area contributed by atoms with Gasteiger partial charge < -0.3 is 5.32 Å². The quantitative estimate of drug-likeness (QED) is 0.529. The predicted molar refractivity (Wildman–Crippen MR) is 107 cm³/mol. The summed E-state index contributed by atoms with van der Waals surface area (Å²) in [6.07, 6.45) is 0.743. The lowest BCUT2D eigenvalue weighted by Gasteiger charge is -2.05. The van der Waals surface area contributed by atoms with E-state index in [4.69, 9.17) is 0 Å². The van der Waals surface area contributed by atoms with Gasteiger partial charge in [-0.1, -0.05) is 47.7 Å². The lowest BCUT2D eigenvalue weighted by molar-refractivity contribution is -0.117. The molecular formula is C18H19N5O2S2. The van der Waals surface area contributed by atoms with Gasteiger partial charge in [-0.05, 0) is 24.8 Å². The molecular weight excluding hydrogens is 382 g/mol. The lowest BCUT2D eigenvalue weighted by atomic mass is 10.1. The molecule has 0 saturated heterocycles. The first-order valence-corrected chi connectivity index (χ1v) is 10.2. The normalized spacial score (nSPS) is 10.6. The molecule has 2 heterocycles. The number of nitrogens with zero attached hydrogens (tertiary/aromatic N) is 2. The Bertz CT molecular complexity index is 891. The number of nitrogens with one attached hydrogen (secondary N) is 3. The Morgan fingerprint density at radius 2 is 2.04 bits per heavy atom. The number of urea groups is 1. The minimum Gasteiger partial charge on any atom is -0.337 e. The van der Waals surface area contributed by atoms with Gasteiger partial charge in [-0.25, -0.2) is 9.78 Å². The summed E-state index contributed by atoms with van der Waals surface area (Å²) < 4.78 is 0. The fourth-order valence-corrected chi connectivity index (χ4v) is 3.55. The van der Waals surface area contributed by atoms with Crippen LogP contribution in [0.3, 0.4) is 0 Å². The van der Waals surface area contributed by atoms with Crippen LogP contribution < -0.4 is 10.6 Å². The standard InChI is InChI=1S/C18H19N5O2S2/c1-12-4-6-13(7-5-12)16-21-18(23-22-16)27-11-15(24)20-17(25)19-9-8-14-3-2-10-26-14/h2-7,10H,8-9,11H2,1H3,(H,21,22,23)(H2,19,20,24,25). The summed E-state index contributed by atoms with van der Waals surface area (Å²) >= 11 is 2.80. The van der Waals surface area contributed by atoms with Crippen molar-refractivity contribution >= 4 is 35.0 Å². The minimum absolute atomic E-state index is 0.0591. The van der Waals surface area contributed by atoms with Crippen LogP contribution in [-0.2, 0) is 11.2 Å². The summed E-state index contributed by atoms with van der Waals surface area (Å²) in [5, 5.41) is 14.4. The maximum atomic E-state index is 11.9. The van der Waals surface area contributed by atoms with Crippen molar-refractivity contribution in [1.82, 2.24) is 25.8 Å². The number of amides is 3. The number of H-pyrrole nitrogens is 1. The molecule has 3 N–H and O–H groups in total. The molecule has 1 aromatic carbocycles. The molecule has 2 aromatic heterocycles. The van der Waals surface area contributed by atoms with Crippen LogP contribution in [0.5, 0.6) is 0 Å². The fraction of sp³-hybridized carbons (Fsp3) is 0.222. The van der Waals surface area contributed by atoms with E-state index in [0.717, 1.165) is 17.5 Å². The second-order valence-electron chi connectivity index (χ2n) is 5.75. The molecule has 0 fully saturated rings. The van der Waals surface area contributed by atoms with Crippen LogP contribution in [0.15, 0.2) is 46.9 Å². The van der Waals surface area contributed by atoms with E-state index < -0.39 is 11.9 Å². The zero-order chi connectivity index (χ0) is 19.1. The molecule has 0 aliphatic rings. The average molecular weight is 402 g/mol. The average Bonchev–Trinajstić information content (AvgIpc) is 3.32. The van der Waals surface area contributed by atoms with Crippen molar-refractivity contribution in [3.05, 3.63) is 52.2 Å². The maximum Gasteiger partial charge on any atom is 0.321 e.